The average Bonchev–Trinajstić information content (AvgIpc) is 3.68. The summed E-state index contributed by atoms with van der Waals surface area (Å²) in [4.78, 5) is 67.6. The zero-order valence-electron chi connectivity index (χ0n) is 22.4. The van der Waals surface area contributed by atoms with Gasteiger partial charge in [-0.25, -0.2) is 0 Å². The number of carbonyl (C=O) groups is 5. The summed E-state index contributed by atoms with van der Waals surface area (Å²) >= 11 is 6.79. The van der Waals surface area contributed by atoms with E-state index in [9.17, 15) is 34.2 Å². The molecule has 5 rings (SSSR count). The molecular formula is C28H34ClN3O7. The quantitative estimate of drug-likeness (QED) is 0.368. The highest BCUT2D eigenvalue weighted by Crippen LogP contribution is 2.52. The minimum absolute atomic E-state index is 0.0157. The van der Waals surface area contributed by atoms with Crippen molar-refractivity contribution < 1.29 is 34.2 Å². The second-order valence-corrected chi connectivity index (χ2v) is 12.7. The number of likely N-dealkylation sites (N-methyl/N-ethyl adjacent to an activating group) is 1. The Labute approximate surface area is 231 Å². The fourth-order valence-electron chi connectivity index (χ4n) is 7.11. The molecular weight excluding hydrogens is 526 g/mol. The number of phenols is 1. The molecule has 0 radical (unpaired) electrons. The molecule has 3 fully saturated rings. The van der Waals surface area contributed by atoms with Crippen molar-refractivity contribution >= 4 is 40.6 Å². The van der Waals surface area contributed by atoms with Crippen LogP contribution >= 0.6 is 11.6 Å². The number of ketones is 4. The lowest BCUT2D eigenvalue weighted by Crippen LogP contribution is -2.74. The molecule has 0 aromatic heterocycles. The van der Waals surface area contributed by atoms with Crippen molar-refractivity contribution in [3.63, 3.8) is 0 Å². The second kappa shape index (κ2) is 9.19. The summed E-state index contributed by atoms with van der Waals surface area (Å²) in [5.41, 5.74) is 3.40. The number of Topliss-reactive ketones (excluding diaryl/α,β-unsaturated/α-hetero) is 4. The third-order valence-electron chi connectivity index (χ3n) is 9.40. The van der Waals surface area contributed by atoms with Crippen molar-refractivity contribution in [2.24, 2.45) is 35.3 Å². The van der Waals surface area contributed by atoms with Crippen molar-refractivity contribution in [3.8, 4) is 5.75 Å². The number of hydrogen-bond donors (Lipinski definition) is 4. The van der Waals surface area contributed by atoms with Crippen LogP contribution in [0.4, 0.5) is 0 Å². The lowest BCUT2D eigenvalue weighted by atomic mass is 9.52. The normalized spacial score (nSPS) is 32.6. The van der Waals surface area contributed by atoms with Crippen molar-refractivity contribution in [3.05, 3.63) is 27.8 Å². The molecule has 0 heterocycles. The number of aromatic hydroxyl groups is 1. The molecule has 3 saturated carbocycles. The van der Waals surface area contributed by atoms with Crippen LogP contribution in [-0.4, -0.2) is 75.4 Å². The van der Waals surface area contributed by atoms with Crippen LogP contribution in [0.15, 0.2) is 6.07 Å². The Bertz CT molecular complexity index is 1320. The molecule has 1 aromatic carbocycles. The maximum atomic E-state index is 13.8. The number of fused-ring (bicyclic) bond motifs is 3. The van der Waals surface area contributed by atoms with E-state index < -0.39 is 64.4 Å². The van der Waals surface area contributed by atoms with Crippen LogP contribution in [0.2, 0.25) is 5.02 Å². The number of aliphatic hydroxyl groups is 1. The molecule has 5 N–H and O–H groups in total. The maximum Gasteiger partial charge on any atom is 0.235 e. The number of nitrogens with zero attached hydrogens (tertiary/aromatic N) is 1. The molecule has 0 spiro atoms. The van der Waals surface area contributed by atoms with Crippen LogP contribution in [0.3, 0.4) is 0 Å². The summed E-state index contributed by atoms with van der Waals surface area (Å²) in [6.45, 7) is 4.58. The van der Waals surface area contributed by atoms with E-state index in [4.69, 9.17) is 17.3 Å². The highest BCUT2D eigenvalue weighted by molar-refractivity contribution is 6.34. The first-order valence-electron chi connectivity index (χ1n) is 13.3. The van der Waals surface area contributed by atoms with E-state index in [0.29, 0.717) is 28.6 Å². The van der Waals surface area contributed by atoms with Gasteiger partial charge in [-0.2, -0.15) is 0 Å². The monoisotopic (exact) mass is 559 g/mol. The standard InChI is InChI=1S/C28H34ClN3O7/c1-27(2,13-5-6-13)31-10-12-9-16(33)18-14(20(12)29)7-11-8-15-21(32(3)4)23(35)19(26(30)38)25(37)28(15,39)24(36)17(11)22(18)34/h9,11,13,15,17,19,21,31,33,39H,5-8,10H2,1-4H3,(H2,30,38)/t11-,15-,17?,19?,21-,28-/m0/s1. The van der Waals surface area contributed by atoms with Gasteiger partial charge in [-0.1, -0.05) is 11.6 Å². The molecule has 4 aliphatic carbocycles. The fraction of sp³-hybridized carbons (Fsp3) is 0.607. The Morgan fingerprint density at radius 3 is 2.41 bits per heavy atom. The minimum Gasteiger partial charge on any atom is -0.507 e. The van der Waals surface area contributed by atoms with Gasteiger partial charge in [0.2, 0.25) is 5.91 Å². The van der Waals surface area contributed by atoms with Crippen molar-refractivity contribution in [2.45, 2.75) is 63.3 Å². The van der Waals surface area contributed by atoms with E-state index in [1.807, 2.05) is 0 Å². The van der Waals surface area contributed by atoms with Crippen LogP contribution in [0.5, 0.6) is 5.75 Å². The first kappa shape index (κ1) is 27.9. The lowest BCUT2D eigenvalue weighted by molar-refractivity contribution is -0.181. The third kappa shape index (κ3) is 4.06. The van der Waals surface area contributed by atoms with Gasteiger partial charge in [0.25, 0.3) is 0 Å². The van der Waals surface area contributed by atoms with Gasteiger partial charge in [0.15, 0.2) is 34.7 Å². The molecule has 210 valence electrons. The van der Waals surface area contributed by atoms with Crippen LogP contribution in [-0.2, 0) is 32.1 Å². The van der Waals surface area contributed by atoms with Gasteiger partial charge in [0.1, 0.15) is 5.75 Å². The molecule has 2 unspecified atom stereocenters. The molecule has 0 aliphatic heterocycles. The van der Waals surface area contributed by atoms with E-state index in [-0.39, 0.29) is 29.7 Å². The molecule has 39 heavy (non-hydrogen) atoms. The van der Waals surface area contributed by atoms with E-state index in [2.05, 4.69) is 19.2 Å². The Morgan fingerprint density at radius 2 is 1.85 bits per heavy atom. The maximum absolute atomic E-state index is 13.8. The minimum atomic E-state index is -2.74. The molecule has 0 bridgehead atoms. The summed E-state index contributed by atoms with van der Waals surface area (Å²) in [5.74, 6) is -10.2. The average molecular weight is 560 g/mol. The largest absolute Gasteiger partial charge is 0.507 e. The highest BCUT2D eigenvalue weighted by Gasteiger charge is 2.69. The van der Waals surface area contributed by atoms with Crippen LogP contribution < -0.4 is 11.1 Å². The van der Waals surface area contributed by atoms with Crippen LogP contribution in [0, 0.1) is 29.6 Å². The number of primary amides is 1. The van der Waals surface area contributed by atoms with Gasteiger partial charge in [-0.05, 0) is 82.7 Å². The number of benzene rings is 1. The number of nitrogens with two attached hydrogens (primary N) is 1. The number of hydrogen-bond acceptors (Lipinski definition) is 9. The van der Waals surface area contributed by atoms with Gasteiger partial charge in [0, 0.05) is 23.0 Å². The fourth-order valence-corrected chi connectivity index (χ4v) is 7.40. The molecule has 11 heteroatoms. The van der Waals surface area contributed by atoms with Gasteiger partial charge in [-0.15, -0.1) is 0 Å². The number of carbonyl (C=O) groups excluding carboxylic acids is 5. The van der Waals surface area contributed by atoms with Gasteiger partial charge >= 0.3 is 0 Å². The van der Waals surface area contributed by atoms with Gasteiger partial charge in [0.05, 0.1) is 17.5 Å². The SMILES string of the molecule is CN(C)[C@@H]1C(=O)C(C(N)=O)C(=O)[C@@]2(O)C(=O)C3C(=O)c4c(O)cc(CNC(C)(C)C5CC5)c(Cl)c4C[C@H]3C[C@@H]12. The Morgan fingerprint density at radius 1 is 1.21 bits per heavy atom. The van der Waals surface area contributed by atoms with Crippen molar-refractivity contribution in [2.75, 3.05) is 14.1 Å². The first-order chi connectivity index (χ1) is 18.1. The van der Waals surface area contributed by atoms with Gasteiger partial charge < -0.3 is 21.3 Å². The van der Waals surface area contributed by atoms with E-state index in [1.54, 1.807) is 14.1 Å². The zero-order chi connectivity index (χ0) is 28.8. The predicted octanol–water partition coefficient (Wildman–Crippen LogP) is 0.799. The van der Waals surface area contributed by atoms with E-state index in [1.165, 1.54) is 11.0 Å². The molecule has 6 atom stereocenters. The van der Waals surface area contributed by atoms with Crippen LogP contribution in [0.25, 0.3) is 0 Å². The molecule has 1 aromatic rings. The Hall–Kier alpha value is -2.66. The van der Waals surface area contributed by atoms with E-state index in [0.717, 1.165) is 12.8 Å². The second-order valence-electron chi connectivity index (χ2n) is 12.4. The summed E-state index contributed by atoms with van der Waals surface area (Å²) < 4.78 is 0. The number of phenolic OH excluding ortho intramolecular Hbond substituents is 1. The highest BCUT2D eigenvalue weighted by atomic mass is 35.5. The number of halogens is 1. The summed E-state index contributed by atoms with van der Waals surface area (Å²) in [7, 11) is 3.10. The number of nitrogens with one attached hydrogen (secondary N) is 1. The van der Waals surface area contributed by atoms with E-state index >= 15 is 0 Å². The van der Waals surface area contributed by atoms with Crippen LogP contribution in [0.1, 0.15) is 54.6 Å². The molecule has 0 saturated heterocycles. The molecule has 1 amide bonds. The van der Waals surface area contributed by atoms with Gasteiger partial charge in [-0.3, -0.25) is 28.9 Å². The van der Waals surface area contributed by atoms with Crippen molar-refractivity contribution in [1.82, 2.24) is 10.2 Å². The molecule has 10 nitrogen and oxygen atoms in total. The smallest absolute Gasteiger partial charge is 0.235 e. The topological polar surface area (TPSA) is 167 Å². The first-order valence-corrected chi connectivity index (χ1v) is 13.6. The Balaban J connectivity index is 1.54. The third-order valence-corrected chi connectivity index (χ3v) is 9.87. The summed E-state index contributed by atoms with van der Waals surface area (Å²) in [6.07, 6.45) is 2.40. The summed E-state index contributed by atoms with van der Waals surface area (Å²) in [6, 6.07) is 0.270. The molecule has 4 aliphatic rings. The number of rotatable bonds is 6. The lowest BCUT2D eigenvalue weighted by Gasteiger charge is -2.52. The number of amides is 1. The Kier molecular flexibility index (Phi) is 6.57. The van der Waals surface area contributed by atoms with Crippen molar-refractivity contribution in [1.29, 1.82) is 0 Å². The summed E-state index contributed by atoms with van der Waals surface area (Å²) in [5, 5.41) is 26.3. The zero-order valence-corrected chi connectivity index (χ0v) is 23.2. The predicted molar refractivity (Wildman–Crippen MR) is 140 cm³/mol.